The quantitative estimate of drug-likeness (QED) is 0.677. The topological polar surface area (TPSA) is 83.0 Å². The van der Waals surface area contributed by atoms with E-state index < -0.39 is 0 Å². The molecule has 0 saturated carbocycles. The van der Waals surface area contributed by atoms with Gasteiger partial charge in [-0.05, 0) is 31.4 Å². The average molecular weight is 312 g/mol. The molecule has 2 heterocycles. The first-order valence-corrected chi connectivity index (χ1v) is 7.63. The Morgan fingerprint density at radius 1 is 1.30 bits per heavy atom. The molecule has 23 heavy (non-hydrogen) atoms. The fourth-order valence-corrected chi connectivity index (χ4v) is 2.62. The van der Waals surface area contributed by atoms with Gasteiger partial charge in [-0.1, -0.05) is 23.4 Å². The molecule has 6 nitrogen and oxygen atoms in total. The number of nitrogens with zero attached hydrogens (tertiary/aromatic N) is 1. The Hall–Kier alpha value is -2.76. The number of carbonyl (C=O) groups excluding carboxylic acids is 1. The van der Waals surface area contributed by atoms with Gasteiger partial charge in [0.2, 0.25) is 0 Å². The lowest BCUT2D eigenvalue weighted by Crippen LogP contribution is -2.36. The van der Waals surface area contributed by atoms with Crippen molar-refractivity contribution in [1.29, 1.82) is 0 Å². The highest BCUT2D eigenvalue weighted by Crippen LogP contribution is 2.21. The number of urea groups is 1. The van der Waals surface area contributed by atoms with Gasteiger partial charge in [-0.2, -0.15) is 0 Å². The second kappa shape index (κ2) is 6.56. The van der Waals surface area contributed by atoms with Gasteiger partial charge in [0.15, 0.2) is 0 Å². The molecule has 0 bridgehead atoms. The minimum Gasteiger partial charge on any atom is -0.361 e. The molecule has 1 aromatic carbocycles. The van der Waals surface area contributed by atoms with Crippen LogP contribution in [0.3, 0.4) is 0 Å². The molecule has 0 aliphatic carbocycles. The first-order valence-electron chi connectivity index (χ1n) is 7.63. The molecule has 0 aliphatic rings. The monoisotopic (exact) mass is 312 g/mol. The average Bonchev–Trinajstić information content (AvgIpc) is 3.13. The van der Waals surface area contributed by atoms with Gasteiger partial charge in [-0.15, -0.1) is 0 Å². The van der Waals surface area contributed by atoms with Crippen LogP contribution in [0.1, 0.15) is 22.6 Å². The third-order valence-corrected chi connectivity index (χ3v) is 3.80. The summed E-state index contributed by atoms with van der Waals surface area (Å²) in [6.45, 7) is 4.83. The summed E-state index contributed by atoms with van der Waals surface area (Å²) >= 11 is 0. The Labute approximate surface area is 134 Å². The second-order valence-electron chi connectivity index (χ2n) is 5.60. The SMILES string of the molecule is Cc1cc(CNC(=O)NCCc2c[nH]c3c(C)cccc23)no1. The number of hydrogen-bond acceptors (Lipinski definition) is 3. The Morgan fingerprint density at radius 2 is 2.17 bits per heavy atom. The molecule has 3 rings (SSSR count). The van der Waals surface area contributed by atoms with Gasteiger partial charge in [-0.3, -0.25) is 0 Å². The van der Waals surface area contributed by atoms with Crippen LogP contribution in [0.2, 0.25) is 0 Å². The van der Waals surface area contributed by atoms with Gasteiger partial charge in [0.25, 0.3) is 0 Å². The number of hydrogen-bond donors (Lipinski definition) is 3. The van der Waals surface area contributed by atoms with Crippen LogP contribution in [0.4, 0.5) is 4.79 Å². The van der Waals surface area contributed by atoms with E-state index in [1.165, 1.54) is 16.5 Å². The Balaban J connectivity index is 1.48. The summed E-state index contributed by atoms with van der Waals surface area (Å²) in [6, 6.07) is 7.83. The normalized spacial score (nSPS) is 10.9. The molecule has 0 saturated heterocycles. The maximum Gasteiger partial charge on any atom is 0.315 e. The van der Waals surface area contributed by atoms with Gasteiger partial charge < -0.3 is 20.1 Å². The van der Waals surface area contributed by atoms with Crippen molar-refractivity contribution in [3.63, 3.8) is 0 Å². The lowest BCUT2D eigenvalue weighted by Gasteiger charge is -2.06. The van der Waals surface area contributed by atoms with E-state index in [-0.39, 0.29) is 6.03 Å². The van der Waals surface area contributed by atoms with Crippen LogP contribution in [-0.4, -0.2) is 22.7 Å². The highest BCUT2D eigenvalue weighted by Gasteiger charge is 2.07. The van der Waals surface area contributed by atoms with Crippen molar-refractivity contribution in [3.8, 4) is 0 Å². The molecule has 0 aliphatic heterocycles. The molecule has 120 valence electrons. The van der Waals surface area contributed by atoms with Crippen LogP contribution in [-0.2, 0) is 13.0 Å². The largest absolute Gasteiger partial charge is 0.361 e. The third-order valence-electron chi connectivity index (χ3n) is 3.80. The van der Waals surface area contributed by atoms with E-state index in [1.807, 2.05) is 13.1 Å². The van der Waals surface area contributed by atoms with Crippen molar-refractivity contribution >= 4 is 16.9 Å². The van der Waals surface area contributed by atoms with Crippen molar-refractivity contribution in [2.45, 2.75) is 26.8 Å². The summed E-state index contributed by atoms with van der Waals surface area (Å²) in [5, 5.41) is 10.7. The Kier molecular flexibility index (Phi) is 4.32. The Bertz CT molecular complexity index is 819. The molecule has 2 aromatic heterocycles. The zero-order chi connectivity index (χ0) is 16.2. The number of aryl methyl sites for hydroxylation is 2. The van der Waals surface area contributed by atoms with Gasteiger partial charge in [0, 0.05) is 29.7 Å². The van der Waals surface area contributed by atoms with E-state index in [2.05, 4.69) is 45.9 Å². The molecule has 0 spiro atoms. The number of fused-ring (bicyclic) bond motifs is 1. The molecule has 0 atom stereocenters. The van der Waals surface area contributed by atoms with Crippen molar-refractivity contribution < 1.29 is 9.32 Å². The number of aromatic nitrogens is 2. The van der Waals surface area contributed by atoms with Gasteiger partial charge in [-0.25, -0.2) is 4.79 Å². The fraction of sp³-hybridized carbons (Fsp3) is 0.294. The third kappa shape index (κ3) is 3.53. The van der Waals surface area contributed by atoms with E-state index >= 15 is 0 Å². The van der Waals surface area contributed by atoms with Gasteiger partial charge in [0.05, 0.1) is 6.54 Å². The number of aromatic amines is 1. The molecule has 0 radical (unpaired) electrons. The van der Waals surface area contributed by atoms with Crippen LogP contribution in [0.25, 0.3) is 10.9 Å². The predicted octanol–water partition coefficient (Wildman–Crippen LogP) is 2.81. The minimum atomic E-state index is -0.207. The van der Waals surface area contributed by atoms with Gasteiger partial charge >= 0.3 is 6.03 Å². The van der Waals surface area contributed by atoms with Crippen LogP contribution >= 0.6 is 0 Å². The van der Waals surface area contributed by atoms with Crippen LogP contribution in [0.15, 0.2) is 35.0 Å². The molecule has 3 aromatic rings. The zero-order valence-corrected chi connectivity index (χ0v) is 13.3. The zero-order valence-electron chi connectivity index (χ0n) is 13.3. The molecule has 6 heteroatoms. The standard InChI is InChI=1S/C17H20N4O2/c1-11-4-3-5-15-13(9-19-16(11)15)6-7-18-17(22)20-10-14-8-12(2)23-21-14/h3-5,8-9,19H,6-7,10H2,1-2H3,(H2,18,20,22). The Morgan fingerprint density at radius 3 is 2.96 bits per heavy atom. The number of carbonyl (C=O) groups is 1. The van der Waals surface area contributed by atoms with Crippen molar-refractivity contribution in [3.05, 3.63) is 53.0 Å². The van der Waals surface area contributed by atoms with E-state index in [1.54, 1.807) is 6.07 Å². The molecule has 0 fully saturated rings. The number of H-pyrrole nitrogens is 1. The highest BCUT2D eigenvalue weighted by atomic mass is 16.5. The molecular formula is C17H20N4O2. The number of para-hydroxylation sites is 1. The lowest BCUT2D eigenvalue weighted by molar-refractivity contribution is 0.240. The van der Waals surface area contributed by atoms with E-state index in [0.717, 1.165) is 17.7 Å². The number of rotatable bonds is 5. The summed E-state index contributed by atoms with van der Waals surface area (Å²) in [5.74, 6) is 0.733. The van der Waals surface area contributed by atoms with Crippen molar-refractivity contribution in [2.75, 3.05) is 6.54 Å². The first-order chi connectivity index (χ1) is 11.1. The summed E-state index contributed by atoms with van der Waals surface area (Å²) in [4.78, 5) is 15.1. The fourth-order valence-electron chi connectivity index (χ4n) is 2.62. The molecule has 0 unspecified atom stereocenters. The van der Waals surface area contributed by atoms with E-state index in [0.29, 0.717) is 18.8 Å². The lowest BCUT2D eigenvalue weighted by atomic mass is 10.1. The van der Waals surface area contributed by atoms with E-state index in [9.17, 15) is 4.79 Å². The second-order valence-corrected chi connectivity index (χ2v) is 5.60. The summed E-state index contributed by atoms with van der Waals surface area (Å²) in [7, 11) is 0. The van der Waals surface area contributed by atoms with Crippen molar-refractivity contribution in [1.82, 2.24) is 20.8 Å². The number of benzene rings is 1. The first kappa shape index (κ1) is 15.1. The van der Waals surface area contributed by atoms with E-state index in [4.69, 9.17) is 4.52 Å². The number of amides is 2. The summed E-state index contributed by atoms with van der Waals surface area (Å²) in [5.41, 5.74) is 4.30. The van der Waals surface area contributed by atoms with Crippen molar-refractivity contribution in [2.24, 2.45) is 0 Å². The smallest absolute Gasteiger partial charge is 0.315 e. The maximum absolute atomic E-state index is 11.8. The predicted molar refractivity (Wildman–Crippen MR) is 88.2 cm³/mol. The molecule has 3 N–H and O–H groups in total. The van der Waals surface area contributed by atoms with Crippen LogP contribution in [0, 0.1) is 13.8 Å². The minimum absolute atomic E-state index is 0.207. The van der Waals surface area contributed by atoms with Crippen LogP contribution < -0.4 is 10.6 Å². The molecular weight excluding hydrogens is 292 g/mol. The van der Waals surface area contributed by atoms with Gasteiger partial charge in [0.1, 0.15) is 11.5 Å². The summed E-state index contributed by atoms with van der Waals surface area (Å²) in [6.07, 6.45) is 2.79. The molecule has 2 amide bonds. The maximum atomic E-state index is 11.8. The highest BCUT2D eigenvalue weighted by molar-refractivity contribution is 5.85. The number of nitrogens with one attached hydrogen (secondary N) is 3. The van der Waals surface area contributed by atoms with Crippen LogP contribution in [0.5, 0.6) is 0 Å². The summed E-state index contributed by atoms with van der Waals surface area (Å²) < 4.78 is 4.95.